The van der Waals surface area contributed by atoms with Crippen LogP contribution >= 0.6 is 0 Å². The number of hydrogen-bond donors (Lipinski definition) is 2. The molecule has 0 unspecified atom stereocenters. The first-order chi connectivity index (χ1) is 12.0. The maximum atomic E-state index is 12.1. The van der Waals surface area contributed by atoms with Crippen LogP contribution in [0.3, 0.4) is 0 Å². The lowest BCUT2D eigenvalue weighted by molar-refractivity contribution is -0.145. The van der Waals surface area contributed by atoms with E-state index in [0.717, 1.165) is 16.7 Å². The highest BCUT2D eigenvalue weighted by atomic mass is 16.5. The van der Waals surface area contributed by atoms with Crippen LogP contribution in [-0.2, 0) is 27.2 Å². The minimum absolute atomic E-state index is 0.136. The molecule has 2 aromatic carbocycles. The summed E-state index contributed by atoms with van der Waals surface area (Å²) in [6.07, 6.45) is 0.700. The molecule has 0 aromatic heterocycles. The van der Waals surface area contributed by atoms with Gasteiger partial charge >= 0.3 is 5.97 Å². The van der Waals surface area contributed by atoms with Crippen molar-refractivity contribution in [1.82, 2.24) is 5.32 Å². The second-order valence-electron chi connectivity index (χ2n) is 6.06. The number of phenols is 1. The molecule has 0 heterocycles. The minimum atomic E-state index is -0.475. The van der Waals surface area contributed by atoms with E-state index < -0.39 is 5.92 Å². The van der Waals surface area contributed by atoms with Crippen molar-refractivity contribution in [1.29, 1.82) is 0 Å². The maximum Gasteiger partial charge on any atom is 0.310 e. The van der Waals surface area contributed by atoms with Gasteiger partial charge in [-0.25, -0.2) is 0 Å². The van der Waals surface area contributed by atoms with Gasteiger partial charge in [-0.1, -0.05) is 42.0 Å². The van der Waals surface area contributed by atoms with Crippen molar-refractivity contribution in [3.05, 3.63) is 65.2 Å². The van der Waals surface area contributed by atoms with Gasteiger partial charge in [0.15, 0.2) is 0 Å². The van der Waals surface area contributed by atoms with Crippen molar-refractivity contribution in [3.63, 3.8) is 0 Å². The van der Waals surface area contributed by atoms with E-state index in [1.807, 2.05) is 31.2 Å². The highest BCUT2D eigenvalue weighted by molar-refractivity contribution is 5.80. The average Bonchev–Trinajstić information content (AvgIpc) is 2.61. The molecule has 25 heavy (non-hydrogen) atoms. The van der Waals surface area contributed by atoms with Crippen LogP contribution in [0.15, 0.2) is 48.5 Å². The zero-order valence-electron chi connectivity index (χ0n) is 14.5. The summed E-state index contributed by atoms with van der Waals surface area (Å²) in [6, 6.07) is 14.4. The molecule has 2 rings (SSSR count). The van der Waals surface area contributed by atoms with Gasteiger partial charge in [-0.15, -0.1) is 0 Å². The van der Waals surface area contributed by atoms with Crippen LogP contribution in [0, 0.1) is 12.8 Å². The Hall–Kier alpha value is -2.82. The van der Waals surface area contributed by atoms with Crippen LogP contribution in [0.2, 0.25) is 0 Å². The SMILES string of the molecule is COC(=O)[C@@H](CNC(=O)Cc1ccc(C)cc1)Cc1ccc(O)cc1. The minimum Gasteiger partial charge on any atom is -0.508 e. The summed E-state index contributed by atoms with van der Waals surface area (Å²) in [5, 5.41) is 12.1. The second-order valence-corrected chi connectivity index (χ2v) is 6.06. The number of aromatic hydroxyl groups is 1. The number of methoxy groups -OCH3 is 1. The summed E-state index contributed by atoms with van der Waals surface area (Å²) in [7, 11) is 1.33. The summed E-state index contributed by atoms with van der Waals surface area (Å²) in [5.74, 6) is -0.812. The molecule has 0 radical (unpaired) electrons. The molecule has 0 fully saturated rings. The third-order valence-corrected chi connectivity index (χ3v) is 3.98. The third-order valence-electron chi connectivity index (χ3n) is 3.98. The largest absolute Gasteiger partial charge is 0.508 e. The van der Waals surface area contributed by atoms with Gasteiger partial charge < -0.3 is 15.2 Å². The Balaban J connectivity index is 1.92. The van der Waals surface area contributed by atoms with E-state index in [2.05, 4.69) is 5.32 Å². The van der Waals surface area contributed by atoms with Gasteiger partial charge in [-0.05, 0) is 36.6 Å². The molecule has 1 atom stereocenters. The zero-order valence-corrected chi connectivity index (χ0v) is 14.5. The summed E-state index contributed by atoms with van der Waals surface area (Å²) < 4.78 is 4.83. The third kappa shape index (κ3) is 5.95. The number of esters is 1. The molecule has 0 aliphatic carbocycles. The molecule has 5 heteroatoms. The Labute approximate surface area is 147 Å². The molecular weight excluding hydrogens is 318 g/mol. The number of nitrogens with one attached hydrogen (secondary N) is 1. The van der Waals surface area contributed by atoms with Crippen LogP contribution in [0.5, 0.6) is 5.75 Å². The van der Waals surface area contributed by atoms with Gasteiger partial charge in [0.05, 0.1) is 19.4 Å². The Bertz CT molecular complexity index is 707. The highest BCUT2D eigenvalue weighted by Gasteiger charge is 2.20. The molecule has 0 saturated heterocycles. The molecule has 0 spiro atoms. The molecule has 2 N–H and O–H groups in total. The van der Waals surface area contributed by atoms with E-state index >= 15 is 0 Å². The number of benzene rings is 2. The normalized spacial score (nSPS) is 11.6. The summed E-state index contributed by atoms with van der Waals surface area (Å²) in [4.78, 5) is 24.1. The van der Waals surface area contributed by atoms with Gasteiger partial charge in [-0.2, -0.15) is 0 Å². The van der Waals surface area contributed by atoms with Crippen LogP contribution in [-0.4, -0.2) is 30.6 Å². The topological polar surface area (TPSA) is 75.6 Å². The van der Waals surface area contributed by atoms with Crippen LogP contribution < -0.4 is 5.32 Å². The molecule has 1 amide bonds. The summed E-state index contributed by atoms with van der Waals surface area (Å²) in [6.45, 7) is 2.20. The Morgan fingerprint density at radius 2 is 1.64 bits per heavy atom. The average molecular weight is 341 g/mol. The second kappa shape index (κ2) is 8.87. The zero-order chi connectivity index (χ0) is 18.2. The fourth-order valence-electron chi connectivity index (χ4n) is 2.51. The predicted molar refractivity (Wildman–Crippen MR) is 95.2 cm³/mol. The number of carbonyl (C=O) groups is 2. The molecule has 2 aromatic rings. The maximum absolute atomic E-state index is 12.1. The molecule has 132 valence electrons. The monoisotopic (exact) mass is 341 g/mol. The van der Waals surface area contributed by atoms with E-state index in [0.29, 0.717) is 6.42 Å². The number of hydrogen-bond acceptors (Lipinski definition) is 4. The molecule has 0 bridgehead atoms. The first-order valence-corrected chi connectivity index (χ1v) is 8.16. The lowest BCUT2D eigenvalue weighted by Gasteiger charge is -2.16. The van der Waals surface area contributed by atoms with Gasteiger partial charge in [-0.3, -0.25) is 9.59 Å². The highest BCUT2D eigenvalue weighted by Crippen LogP contribution is 2.14. The molecule has 0 aliphatic heterocycles. The quantitative estimate of drug-likeness (QED) is 0.758. The molecule has 0 saturated carbocycles. The van der Waals surface area contributed by atoms with Crippen molar-refractivity contribution in [2.75, 3.05) is 13.7 Å². The number of amides is 1. The smallest absolute Gasteiger partial charge is 0.310 e. The van der Waals surface area contributed by atoms with Gasteiger partial charge in [0, 0.05) is 6.54 Å². The van der Waals surface area contributed by atoms with E-state index in [9.17, 15) is 14.7 Å². The number of carbonyl (C=O) groups excluding carboxylic acids is 2. The number of rotatable bonds is 7. The van der Waals surface area contributed by atoms with Gasteiger partial charge in [0.1, 0.15) is 5.75 Å². The Morgan fingerprint density at radius 3 is 2.24 bits per heavy atom. The number of phenolic OH excluding ortho intramolecular Hbond substituents is 1. The first-order valence-electron chi connectivity index (χ1n) is 8.16. The van der Waals surface area contributed by atoms with E-state index in [4.69, 9.17) is 4.74 Å². The van der Waals surface area contributed by atoms with Crippen molar-refractivity contribution >= 4 is 11.9 Å². The molecule has 5 nitrogen and oxygen atoms in total. The first kappa shape index (κ1) is 18.5. The van der Waals surface area contributed by atoms with Gasteiger partial charge in [0.25, 0.3) is 0 Å². The number of ether oxygens (including phenoxy) is 1. The predicted octanol–water partition coefficient (Wildman–Crippen LogP) is 2.39. The van der Waals surface area contributed by atoms with Crippen molar-refractivity contribution in [2.24, 2.45) is 5.92 Å². The Morgan fingerprint density at radius 1 is 1.04 bits per heavy atom. The lowest BCUT2D eigenvalue weighted by Crippen LogP contribution is -2.35. The van der Waals surface area contributed by atoms with Gasteiger partial charge in [0.2, 0.25) is 5.91 Å². The van der Waals surface area contributed by atoms with Crippen molar-refractivity contribution < 1.29 is 19.4 Å². The van der Waals surface area contributed by atoms with E-state index in [1.165, 1.54) is 7.11 Å². The van der Waals surface area contributed by atoms with Crippen molar-refractivity contribution in [3.8, 4) is 5.75 Å². The fourth-order valence-corrected chi connectivity index (χ4v) is 2.51. The summed E-state index contributed by atoms with van der Waals surface area (Å²) >= 11 is 0. The van der Waals surface area contributed by atoms with Crippen LogP contribution in [0.4, 0.5) is 0 Å². The fraction of sp³-hybridized carbons (Fsp3) is 0.300. The number of aryl methyl sites for hydroxylation is 1. The van der Waals surface area contributed by atoms with Crippen molar-refractivity contribution in [2.45, 2.75) is 19.8 Å². The van der Waals surface area contributed by atoms with E-state index in [1.54, 1.807) is 24.3 Å². The van der Waals surface area contributed by atoms with Crippen LogP contribution in [0.25, 0.3) is 0 Å². The molecule has 0 aliphatic rings. The lowest BCUT2D eigenvalue weighted by atomic mass is 9.99. The molecular formula is C20H23NO4. The van der Waals surface area contributed by atoms with E-state index in [-0.39, 0.29) is 30.6 Å². The summed E-state index contributed by atoms with van der Waals surface area (Å²) in [5.41, 5.74) is 2.96. The standard InChI is InChI=1S/C20H23NO4/c1-14-3-5-16(6-4-14)12-19(23)21-13-17(20(24)25-2)11-15-7-9-18(22)10-8-15/h3-10,17,22H,11-13H2,1-2H3,(H,21,23)/t17-/m1/s1. The Kier molecular flexibility index (Phi) is 6.57. The van der Waals surface area contributed by atoms with Crippen LogP contribution in [0.1, 0.15) is 16.7 Å².